The van der Waals surface area contributed by atoms with Crippen molar-refractivity contribution in [2.75, 3.05) is 10.8 Å². The maximum absolute atomic E-state index is 13.3. The van der Waals surface area contributed by atoms with Crippen LogP contribution in [-0.4, -0.2) is 10.9 Å². The monoisotopic (exact) mass is 306 g/mol. The number of rotatable bonds is 2. The topological polar surface area (TPSA) is 16.1 Å². The second-order valence-corrected chi connectivity index (χ2v) is 6.84. The molecule has 20 heavy (non-hydrogen) atoms. The van der Waals surface area contributed by atoms with Crippen molar-refractivity contribution in [1.29, 1.82) is 0 Å². The zero-order chi connectivity index (χ0) is 14.3. The van der Waals surface area contributed by atoms with Crippen molar-refractivity contribution in [3.8, 4) is 0 Å². The van der Waals surface area contributed by atoms with Gasteiger partial charge in [-0.2, -0.15) is 0 Å². The van der Waals surface area contributed by atoms with Crippen LogP contribution in [0, 0.1) is 26.6 Å². The molecular formula is C15H15FN2S2. The smallest absolute Gasteiger partial charge is 0.123 e. The lowest BCUT2D eigenvalue weighted by molar-refractivity contribution is 0.626. The van der Waals surface area contributed by atoms with E-state index in [0.717, 1.165) is 27.8 Å². The van der Waals surface area contributed by atoms with Gasteiger partial charge in [-0.25, -0.2) is 9.37 Å². The Labute approximate surface area is 126 Å². The second-order valence-electron chi connectivity index (χ2n) is 4.81. The Hall–Kier alpha value is -1.33. The first kappa shape index (κ1) is 13.6. The molecule has 2 aromatic rings. The van der Waals surface area contributed by atoms with E-state index >= 15 is 0 Å². The maximum atomic E-state index is 13.3. The largest absolute Gasteiger partial charge is 0.329 e. The third-order valence-electron chi connectivity index (χ3n) is 3.28. The van der Waals surface area contributed by atoms with Gasteiger partial charge < -0.3 is 4.90 Å². The van der Waals surface area contributed by atoms with Gasteiger partial charge in [0.15, 0.2) is 0 Å². The molecule has 2 nitrogen and oxygen atoms in total. The molecule has 0 radical (unpaired) electrons. The Morgan fingerprint density at radius 1 is 1.25 bits per heavy atom. The van der Waals surface area contributed by atoms with Gasteiger partial charge in [-0.1, -0.05) is 0 Å². The molecule has 0 atom stereocenters. The predicted octanol–water partition coefficient (Wildman–Crippen LogP) is 4.72. The summed E-state index contributed by atoms with van der Waals surface area (Å²) in [5.74, 6) is 0.673. The maximum Gasteiger partial charge on any atom is 0.123 e. The second kappa shape index (κ2) is 5.22. The molecule has 0 fully saturated rings. The number of thiazole rings is 1. The molecule has 3 rings (SSSR count). The summed E-state index contributed by atoms with van der Waals surface area (Å²) in [5.41, 5.74) is 4.25. The van der Waals surface area contributed by atoms with E-state index in [0.29, 0.717) is 0 Å². The summed E-state index contributed by atoms with van der Waals surface area (Å²) >= 11 is 3.47. The molecule has 104 valence electrons. The Balaban J connectivity index is 2.02. The highest BCUT2D eigenvalue weighted by Crippen LogP contribution is 2.40. The molecule has 0 aliphatic carbocycles. The fourth-order valence-corrected chi connectivity index (χ4v) is 4.31. The fourth-order valence-electron chi connectivity index (χ4n) is 2.39. The van der Waals surface area contributed by atoms with Gasteiger partial charge >= 0.3 is 0 Å². The van der Waals surface area contributed by atoms with Crippen LogP contribution in [-0.2, 0) is 0 Å². The minimum Gasteiger partial charge on any atom is -0.329 e. The third kappa shape index (κ3) is 2.36. The van der Waals surface area contributed by atoms with E-state index in [2.05, 4.69) is 15.3 Å². The number of nitrogens with zero attached hydrogens (tertiary/aromatic N) is 2. The lowest BCUT2D eigenvalue weighted by Gasteiger charge is -2.23. The average molecular weight is 306 g/mol. The van der Waals surface area contributed by atoms with Crippen LogP contribution in [0.25, 0.3) is 5.70 Å². The van der Waals surface area contributed by atoms with Crippen LogP contribution in [0.3, 0.4) is 0 Å². The van der Waals surface area contributed by atoms with Crippen molar-refractivity contribution in [3.05, 3.63) is 50.6 Å². The molecule has 5 heteroatoms. The highest BCUT2D eigenvalue weighted by Gasteiger charge is 2.23. The molecule has 2 heterocycles. The third-order valence-corrected chi connectivity index (χ3v) is 5.17. The van der Waals surface area contributed by atoms with E-state index in [-0.39, 0.29) is 5.82 Å². The molecule has 0 saturated carbocycles. The summed E-state index contributed by atoms with van der Waals surface area (Å²) in [7, 11) is 0. The lowest BCUT2D eigenvalue weighted by atomic mass is 10.1. The number of thioether (sulfide) groups is 1. The van der Waals surface area contributed by atoms with Gasteiger partial charge in [-0.05, 0) is 49.9 Å². The first-order valence-electron chi connectivity index (χ1n) is 6.36. The molecule has 1 aliphatic rings. The van der Waals surface area contributed by atoms with Gasteiger partial charge in [-0.3, -0.25) is 0 Å². The summed E-state index contributed by atoms with van der Waals surface area (Å²) in [6.45, 7) is 6.01. The van der Waals surface area contributed by atoms with Crippen molar-refractivity contribution in [2.24, 2.45) is 0 Å². The highest BCUT2D eigenvalue weighted by atomic mass is 32.2. The summed E-state index contributed by atoms with van der Waals surface area (Å²) in [6.07, 6.45) is 0. The predicted molar refractivity (Wildman–Crippen MR) is 85.6 cm³/mol. The number of halogens is 1. The van der Waals surface area contributed by atoms with Crippen molar-refractivity contribution < 1.29 is 4.39 Å². The summed E-state index contributed by atoms with van der Waals surface area (Å²) in [4.78, 5) is 7.94. The number of aryl methyl sites for hydroxylation is 3. The minimum atomic E-state index is -0.187. The molecule has 1 aromatic carbocycles. The molecule has 0 bridgehead atoms. The molecule has 1 aliphatic heterocycles. The van der Waals surface area contributed by atoms with E-state index in [9.17, 15) is 4.39 Å². The average Bonchev–Trinajstić information content (AvgIpc) is 2.95. The van der Waals surface area contributed by atoms with Gasteiger partial charge in [-0.15, -0.1) is 23.1 Å². The van der Waals surface area contributed by atoms with Gasteiger partial charge in [0, 0.05) is 5.69 Å². The molecular weight excluding hydrogens is 291 g/mol. The van der Waals surface area contributed by atoms with Gasteiger partial charge in [0.05, 0.1) is 27.2 Å². The van der Waals surface area contributed by atoms with Crippen molar-refractivity contribution >= 4 is 34.5 Å². The summed E-state index contributed by atoms with van der Waals surface area (Å²) < 4.78 is 13.3. The highest BCUT2D eigenvalue weighted by molar-refractivity contribution is 8.02. The normalized spacial score (nSPS) is 14.8. The minimum absolute atomic E-state index is 0.187. The molecule has 0 saturated heterocycles. The fraction of sp³-hybridized carbons (Fsp3) is 0.267. The number of aromatic nitrogens is 1. The zero-order valence-electron chi connectivity index (χ0n) is 11.6. The number of hydrogen-bond donors (Lipinski definition) is 0. The van der Waals surface area contributed by atoms with E-state index in [1.807, 2.05) is 26.8 Å². The number of benzene rings is 1. The van der Waals surface area contributed by atoms with Crippen LogP contribution in [0.5, 0.6) is 0 Å². The lowest BCUT2D eigenvalue weighted by Crippen LogP contribution is -2.17. The Morgan fingerprint density at radius 3 is 2.70 bits per heavy atom. The van der Waals surface area contributed by atoms with Crippen LogP contribution in [0.15, 0.2) is 23.6 Å². The van der Waals surface area contributed by atoms with Crippen molar-refractivity contribution in [1.82, 2.24) is 4.98 Å². The first-order chi connectivity index (χ1) is 9.56. The van der Waals surface area contributed by atoms with Crippen molar-refractivity contribution in [2.45, 2.75) is 20.8 Å². The van der Waals surface area contributed by atoms with Crippen LogP contribution in [0.4, 0.5) is 10.1 Å². The Morgan fingerprint density at radius 2 is 2.05 bits per heavy atom. The Bertz CT molecular complexity index is 691. The SMILES string of the molecule is Cc1nc(C)c(C2=CSCN2c2ccc(F)cc2C)s1. The standard InChI is InChI=1S/C15H15FN2S2/c1-9-6-12(16)4-5-13(9)18-8-19-7-14(18)15-10(2)17-11(3)20-15/h4-7H,8H2,1-3H3. The van der Waals surface area contributed by atoms with Gasteiger partial charge in [0.2, 0.25) is 0 Å². The van der Waals surface area contributed by atoms with Crippen LogP contribution in [0.2, 0.25) is 0 Å². The molecule has 1 aromatic heterocycles. The molecule has 0 N–H and O–H groups in total. The van der Waals surface area contributed by atoms with Crippen molar-refractivity contribution in [3.63, 3.8) is 0 Å². The Kier molecular flexibility index (Phi) is 3.56. The van der Waals surface area contributed by atoms with Gasteiger partial charge in [0.1, 0.15) is 5.82 Å². The van der Waals surface area contributed by atoms with Crippen LogP contribution < -0.4 is 4.90 Å². The molecule has 0 unspecified atom stereocenters. The van der Waals surface area contributed by atoms with E-state index in [4.69, 9.17) is 0 Å². The zero-order valence-corrected chi connectivity index (χ0v) is 13.2. The molecule has 0 spiro atoms. The summed E-state index contributed by atoms with van der Waals surface area (Å²) in [5, 5.41) is 3.24. The van der Waals surface area contributed by atoms with Gasteiger partial charge in [0.25, 0.3) is 0 Å². The summed E-state index contributed by atoms with van der Waals surface area (Å²) in [6, 6.07) is 4.96. The van der Waals surface area contributed by atoms with Crippen LogP contribution in [0.1, 0.15) is 21.1 Å². The van der Waals surface area contributed by atoms with E-state index in [1.54, 1.807) is 29.2 Å². The van der Waals surface area contributed by atoms with Crippen LogP contribution >= 0.6 is 23.1 Å². The first-order valence-corrected chi connectivity index (χ1v) is 8.22. The molecule has 0 amide bonds. The number of anilines is 1. The quantitative estimate of drug-likeness (QED) is 0.799. The number of hydrogen-bond acceptors (Lipinski definition) is 4. The van der Waals surface area contributed by atoms with E-state index < -0.39 is 0 Å². The van der Waals surface area contributed by atoms with E-state index in [1.165, 1.54) is 16.6 Å².